The quantitative estimate of drug-likeness (QED) is 0.783. The van der Waals surface area contributed by atoms with E-state index in [0.717, 1.165) is 25.7 Å². The van der Waals surface area contributed by atoms with E-state index in [0.29, 0.717) is 26.1 Å². The lowest BCUT2D eigenvalue weighted by Crippen LogP contribution is -2.49. The fraction of sp³-hybridized carbons (Fsp3) is 0.923. The number of amides is 1. The predicted octanol–water partition coefficient (Wildman–Crippen LogP) is 0.151. The summed E-state index contributed by atoms with van der Waals surface area (Å²) in [6.45, 7) is 1.28. The van der Waals surface area contributed by atoms with Crippen LogP contribution in [0.1, 0.15) is 32.1 Å². The molecule has 2 unspecified atom stereocenters. The summed E-state index contributed by atoms with van der Waals surface area (Å²) in [6, 6.07) is 0. The summed E-state index contributed by atoms with van der Waals surface area (Å²) in [6.07, 6.45) is 4.56. The van der Waals surface area contributed by atoms with E-state index >= 15 is 0 Å². The molecule has 2 saturated heterocycles. The summed E-state index contributed by atoms with van der Waals surface area (Å²) >= 11 is 0. The number of carbonyl (C=O) groups excluding carboxylic acids is 1. The maximum Gasteiger partial charge on any atom is 0.225 e. The maximum atomic E-state index is 12.3. The Balaban J connectivity index is 1.84. The van der Waals surface area contributed by atoms with Gasteiger partial charge in [-0.2, -0.15) is 0 Å². The Morgan fingerprint density at radius 1 is 1.32 bits per heavy atom. The summed E-state index contributed by atoms with van der Waals surface area (Å²) in [5, 5.41) is -0.428. The Labute approximate surface area is 114 Å². The zero-order chi connectivity index (χ0) is 13.7. The van der Waals surface area contributed by atoms with Crippen molar-refractivity contribution in [3.05, 3.63) is 0 Å². The van der Waals surface area contributed by atoms with Gasteiger partial charge >= 0.3 is 0 Å². The van der Waals surface area contributed by atoms with Crippen molar-refractivity contribution in [2.24, 2.45) is 17.1 Å². The molecule has 3 rings (SSSR count). The van der Waals surface area contributed by atoms with Gasteiger partial charge in [-0.15, -0.1) is 0 Å². The first-order valence-corrected chi connectivity index (χ1v) is 8.90. The van der Waals surface area contributed by atoms with Gasteiger partial charge in [0.25, 0.3) is 0 Å². The van der Waals surface area contributed by atoms with Gasteiger partial charge in [0.05, 0.1) is 11.0 Å². The first-order chi connectivity index (χ1) is 8.98. The van der Waals surface area contributed by atoms with E-state index in [1.165, 1.54) is 0 Å². The number of carbonyl (C=O) groups is 1. The lowest BCUT2D eigenvalue weighted by molar-refractivity contribution is -0.137. The Hall–Kier alpha value is -0.620. The van der Waals surface area contributed by atoms with E-state index in [4.69, 9.17) is 5.73 Å². The third kappa shape index (κ3) is 2.00. The molecule has 2 N–H and O–H groups in total. The molecule has 6 heteroatoms. The highest BCUT2D eigenvalue weighted by Crippen LogP contribution is 2.43. The van der Waals surface area contributed by atoms with Crippen molar-refractivity contribution in [1.29, 1.82) is 0 Å². The highest BCUT2D eigenvalue weighted by Gasteiger charge is 2.55. The molecule has 1 amide bonds. The lowest BCUT2D eigenvalue weighted by atomic mass is 9.81. The second-order valence-electron chi connectivity index (χ2n) is 6.37. The van der Waals surface area contributed by atoms with Crippen LogP contribution in [0.25, 0.3) is 0 Å². The van der Waals surface area contributed by atoms with Crippen LogP contribution in [-0.2, 0) is 14.6 Å². The molecule has 108 valence electrons. The van der Waals surface area contributed by atoms with Gasteiger partial charge in [0.2, 0.25) is 5.91 Å². The molecule has 2 heterocycles. The zero-order valence-electron chi connectivity index (χ0n) is 11.2. The Kier molecular flexibility index (Phi) is 3.13. The highest BCUT2D eigenvalue weighted by molar-refractivity contribution is 7.92. The van der Waals surface area contributed by atoms with Crippen molar-refractivity contribution in [3.8, 4) is 0 Å². The van der Waals surface area contributed by atoms with E-state index in [1.807, 2.05) is 0 Å². The van der Waals surface area contributed by atoms with Gasteiger partial charge in [-0.3, -0.25) is 4.79 Å². The van der Waals surface area contributed by atoms with Gasteiger partial charge < -0.3 is 10.6 Å². The van der Waals surface area contributed by atoms with E-state index < -0.39 is 15.1 Å². The predicted molar refractivity (Wildman–Crippen MR) is 72.2 cm³/mol. The highest BCUT2D eigenvalue weighted by atomic mass is 32.2. The van der Waals surface area contributed by atoms with Crippen LogP contribution in [0.15, 0.2) is 0 Å². The molecule has 0 spiro atoms. The molecule has 3 aliphatic rings. The standard InChI is InChI=1S/C13H22N2O3S/c14-8-13-5-2-6-19(17,18)11(13)7-15(9-13)12(16)10-3-1-4-10/h10-11H,1-9,14H2. The number of rotatable bonds is 2. The van der Waals surface area contributed by atoms with Crippen molar-refractivity contribution in [3.63, 3.8) is 0 Å². The molecule has 2 atom stereocenters. The zero-order valence-corrected chi connectivity index (χ0v) is 12.0. The van der Waals surface area contributed by atoms with E-state index in [-0.39, 0.29) is 23.0 Å². The third-order valence-corrected chi connectivity index (χ3v) is 7.66. The lowest BCUT2D eigenvalue weighted by Gasteiger charge is -2.36. The van der Waals surface area contributed by atoms with Gasteiger partial charge in [0, 0.05) is 31.0 Å². The number of nitrogens with zero attached hydrogens (tertiary/aromatic N) is 1. The van der Waals surface area contributed by atoms with Gasteiger partial charge in [0.1, 0.15) is 0 Å². The number of fused-ring (bicyclic) bond motifs is 1. The van der Waals surface area contributed by atoms with Crippen LogP contribution in [0.5, 0.6) is 0 Å². The SMILES string of the molecule is NCC12CCCS(=O)(=O)C1CN(C(=O)C1CCC1)C2. The van der Waals surface area contributed by atoms with Gasteiger partial charge in [0.15, 0.2) is 9.84 Å². The number of hydrogen-bond donors (Lipinski definition) is 1. The second kappa shape index (κ2) is 4.45. The minimum Gasteiger partial charge on any atom is -0.340 e. The molecule has 19 heavy (non-hydrogen) atoms. The van der Waals surface area contributed by atoms with Crippen molar-refractivity contribution in [1.82, 2.24) is 4.90 Å². The topological polar surface area (TPSA) is 80.5 Å². The van der Waals surface area contributed by atoms with Crippen LogP contribution in [-0.4, -0.2) is 49.9 Å². The molecule has 0 aromatic heterocycles. The Morgan fingerprint density at radius 2 is 2.05 bits per heavy atom. The average molecular weight is 286 g/mol. The average Bonchev–Trinajstić information content (AvgIpc) is 2.68. The van der Waals surface area contributed by atoms with Gasteiger partial charge in [-0.25, -0.2) is 8.42 Å². The first kappa shape index (κ1) is 13.4. The molecule has 1 saturated carbocycles. The molecule has 2 aliphatic heterocycles. The third-order valence-electron chi connectivity index (χ3n) is 5.28. The van der Waals surface area contributed by atoms with E-state index in [9.17, 15) is 13.2 Å². The number of likely N-dealkylation sites (tertiary alicyclic amines) is 1. The molecular weight excluding hydrogens is 264 g/mol. The molecule has 0 aromatic carbocycles. The van der Waals surface area contributed by atoms with Gasteiger partial charge in [-0.05, 0) is 25.7 Å². The van der Waals surface area contributed by atoms with Crippen LogP contribution in [0.4, 0.5) is 0 Å². The van der Waals surface area contributed by atoms with Crippen molar-refractivity contribution in [2.45, 2.75) is 37.4 Å². The van der Waals surface area contributed by atoms with Crippen molar-refractivity contribution < 1.29 is 13.2 Å². The number of nitrogens with two attached hydrogens (primary N) is 1. The molecular formula is C13H22N2O3S. The molecule has 1 aliphatic carbocycles. The smallest absolute Gasteiger partial charge is 0.225 e. The van der Waals surface area contributed by atoms with Crippen molar-refractivity contribution in [2.75, 3.05) is 25.4 Å². The minimum absolute atomic E-state index is 0.137. The van der Waals surface area contributed by atoms with Crippen LogP contribution < -0.4 is 5.73 Å². The molecule has 3 fully saturated rings. The monoisotopic (exact) mass is 286 g/mol. The summed E-state index contributed by atoms with van der Waals surface area (Å²) < 4.78 is 24.5. The Morgan fingerprint density at radius 3 is 2.58 bits per heavy atom. The molecule has 5 nitrogen and oxygen atoms in total. The Bertz CT molecular complexity index is 486. The summed E-state index contributed by atoms with van der Waals surface area (Å²) in [5.41, 5.74) is 5.50. The van der Waals surface area contributed by atoms with Crippen LogP contribution in [0.3, 0.4) is 0 Å². The first-order valence-electron chi connectivity index (χ1n) is 7.19. The second-order valence-corrected chi connectivity index (χ2v) is 8.68. The molecule has 0 radical (unpaired) electrons. The van der Waals surface area contributed by atoms with E-state index in [1.54, 1.807) is 4.90 Å². The van der Waals surface area contributed by atoms with E-state index in [2.05, 4.69) is 0 Å². The number of hydrogen-bond acceptors (Lipinski definition) is 4. The normalized spacial score (nSPS) is 37.7. The summed E-state index contributed by atoms with van der Waals surface area (Å²) in [7, 11) is -3.09. The van der Waals surface area contributed by atoms with Crippen LogP contribution >= 0.6 is 0 Å². The minimum atomic E-state index is -3.09. The van der Waals surface area contributed by atoms with Gasteiger partial charge in [-0.1, -0.05) is 6.42 Å². The maximum absolute atomic E-state index is 12.3. The van der Waals surface area contributed by atoms with Crippen molar-refractivity contribution >= 4 is 15.7 Å². The summed E-state index contributed by atoms with van der Waals surface area (Å²) in [4.78, 5) is 14.1. The fourth-order valence-corrected chi connectivity index (χ4v) is 6.11. The molecule has 0 aromatic rings. The molecule has 0 bridgehead atoms. The largest absolute Gasteiger partial charge is 0.340 e. The summed E-state index contributed by atoms with van der Waals surface area (Å²) in [5.74, 6) is 0.548. The van der Waals surface area contributed by atoms with Crippen LogP contribution in [0, 0.1) is 11.3 Å². The van der Waals surface area contributed by atoms with Crippen LogP contribution in [0.2, 0.25) is 0 Å². The fourth-order valence-electron chi connectivity index (χ4n) is 3.82. The number of sulfone groups is 1.